The van der Waals surface area contributed by atoms with Crippen molar-refractivity contribution in [1.29, 1.82) is 5.41 Å². The number of aromatic nitrogens is 1. The molecule has 8 heteroatoms. The first-order chi connectivity index (χ1) is 16.5. The SMILES string of the molecule is CCOc1ccc(-n2c(C)cc(C=C3C(=N)N4N=C(c5ccccc5)SC4=NC3=O)c2C)cc1. The van der Waals surface area contributed by atoms with E-state index in [1.54, 1.807) is 6.08 Å². The molecule has 1 amide bonds. The van der Waals surface area contributed by atoms with Gasteiger partial charge in [0, 0.05) is 22.6 Å². The van der Waals surface area contributed by atoms with E-state index in [-0.39, 0.29) is 11.4 Å². The highest BCUT2D eigenvalue weighted by atomic mass is 32.2. The van der Waals surface area contributed by atoms with E-state index in [0.717, 1.165) is 34.0 Å². The number of nitrogens with zero attached hydrogens (tertiary/aromatic N) is 4. The maximum atomic E-state index is 12.9. The largest absolute Gasteiger partial charge is 0.494 e. The number of amides is 1. The van der Waals surface area contributed by atoms with E-state index in [9.17, 15) is 4.79 Å². The number of aliphatic imine (C=N–C) groups is 1. The molecular formula is C26H23N5O2S. The molecule has 2 aliphatic heterocycles. The van der Waals surface area contributed by atoms with Crippen molar-refractivity contribution in [2.24, 2.45) is 10.1 Å². The Morgan fingerprint density at radius 2 is 1.82 bits per heavy atom. The fourth-order valence-electron chi connectivity index (χ4n) is 4.03. The maximum Gasteiger partial charge on any atom is 0.283 e. The summed E-state index contributed by atoms with van der Waals surface area (Å²) in [6.45, 7) is 6.59. The molecular weight excluding hydrogens is 446 g/mol. The standard InChI is InChI=1S/C26H23N5O2S/c1-4-33-21-12-10-20(11-13-21)30-16(2)14-19(17(30)3)15-22-23(27)31-26(28-24(22)32)34-25(29-31)18-8-6-5-7-9-18/h5-15,27H,4H2,1-3H3. The van der Waals surface area contributed by atoms with E-state index in [2.05, 4.69) is 14.7 Å². The topological polar surface area (TPSA) is 83.0 Å². The van der Waals surface area contributed by atoms with Gasteiger partial charge < -0.3 is 9.30 Å². The number of fused-ring (bicyclic) bond motifs is 1. The molecule has 0 saturated carbocycles. The number of ether oxygens (including phenoxy) is 1. The molecule has 0 atom stereocenters. The number of thioether (sulfide) groups is 1. The van der Waals surface area contributed by atoms with Crippen LogP contribution in [0.25, 0.3) is 11.8 Å². The lowest BCUT2D eigenvalue weighted by atomic mass is 10.1. The molecule has 34 heavy (non-hydrogen) atoms. The van der Waals surface area contributed by atoms with Crippen LogP contribution in [0.3, 0.4) is 0 Å². The molecule has 0 saturated heterocycles. The van der Waals surface area contributed by atoms with E-state index in [1.807, 2.05) is 81.4 Å². The third-order valence-electron chi connectivity index (χ3n) is 5.65. The minimum atomic E-state index is -0.431. The zero-order chi connectivity index (χ0) is 23.8. The second-order valence-electron chi connectivity index (χ2n) is 7.88. The molecule has 3 heterocycles. The van der Waals surface area contributed by atoms with Crippen molar-refractivity contribution in [2.45, 2.75) is 20.8 Å². The predicted octanol–water partition coefficient (Wildman–Crippen LogP) is 5.16. The van der Waals surface area contributed by atoms with Crippen molar-refractivity contribution in [3.8, 4) is 11.4 Å². The number of carbonyl (C=O) groups is 1. The highest BCUT2D eigenvalue weighted by Crippen LogP contribution is 2.32. The van der Waals surface area contributed by atoms with Gasteiger partial charge in [-0.1, -0.05) is 30.3 Å². The lowest BCUT2D eigenvalue weighted by Gasteiger charge is -2.20. The molecule has 3 aromatic rings. The second kappa shape index (κ2) is 8.79. The Balaban J connectivity index is 1.48. The van der Waals surface area contributed by atoms with Crippen LogP contribution in [0.4, 0.5) is 0 Å². The maximum absolute atomic E-state index is 12.9. The Morgan fingerprint density at radius 3 is 2.53 bits per heavy atom. The zero-order valence-electron chi connectivity index (χ0n) is 19.1. The van der Waals surface area contributed by atoms with Gasteiger partial charge in [-0.25, -0.2) is 0 Å². The summed E-state index contributed by atoms with van der Waals surface area (Å²) in [4.78, 5) is 17.1. The van der Waals surface area contributed by atoms with Crippen molar-refractivity contribution in [1.82, 2.24) is 9.58 Å². The number of rotatable bonds is 5. The lowest BCUT2D eigenvalue weighted by Crippen LogP contribution is -2.35. The molecule has 0 bridgehead atoms. The van der Waals surface area contributed by atoms with E-state index in [4.69, 9.17) is 10.1 Å². The summed E-state index contributed by atoms with van der Waals surface area (Å²) in [6, 6.07) is 19.6. The van der Waals surface area contributed by atoms with Crippen molar-refractivity contribution in [2.75, 3.05) is 6.61 Å². The van der Waals surface area contributed by atoms with Crippen molar-refractivity contribution in [3.05, 3.63) is 88.8 Å². The predicted molar refractivity (Wildman–Crippen MR) is 137 cm³/mol. The molecule has 7 nitrogen and oxygen atoms in total. The summed E-state index contributed by atoms with van der Waals surface area (Å²) in [5, 5.41) is 15.8. The molecule has 1 N–H and O–H groups in total. The van der Waals surface area contributed by atoms with Crippen LogP contribution in [-0.2, 0) is 4.79 Å². The third kappa shape index (κ3) is 3.86. The van der Waals surface area contributed by atoms with Gasteiger partial charge in [0.2, 0.25) is 5.17 Å². The van der Waals surface area contributed by atoms with Gasteiger partial charge in [0.1, 0.15) is 10.8 Å². The third-order valence-corrected chi connectivity index (χ3v) is 6.61. The average Bonchev–Trinajstić information content (AvgIpc) is 3.38. The number of hydrogen-bond acceptors (Lipinski definition) is 5. The molecule has 0 radical (unpaired) electrons. The summed E-state index contributed by atoms with van der Waals surface area (Å²) >= 11 is 1.30. The first kappa shape index (κ1) is 21.9. The lowest BCUT2D eigenvalue weighted by molar-refractivity contribution is -0.114. The minimum Gasteiger partial charge on any atom is -0.494 e. The minimum absolute atomic E-state index is 0.0271. The van der Waals surface area contributed by atoms with Gasteiger partial charge in [0.15, 0.2) is 5.84 Å². The number of benzene rings is 2. The number of hydrazone groups is 1. The van der Waals surface area contributed by atoms with Crippen molar-refractivity contribution < 1.29 is 9.53 Å². The summed E-state index contributed by atoms with van der Waals surface area (Å²) < 4.78 is 7.66. The smallest absolute Gasteiger partial charge is 0.283 e. The molecule has 1 aromatic heterocycles. The van der Waals surface area contributed by atoms with Gasteiger partial charge >= 0.3 is 0 Å². The Bertz CT molecular complexity index is 1380. The van der Waals surface area contributed by atoms with Gasteiger partial charge in [-0.3, -0.25) is 10.2 Å². The molecule has 0 aliphatic carbocycles. The van der Waals surface area contributed by atoms with Crippen LogP contribution in [0, 0.1) is 19.3 Å². The first-order valence-electron chi connectivity index (χ1n) is 10.9. The van der Waals surface area contributed by atoms with Crippen molar-refractivity contribution >= 4 is 39.8 Å². The Kier molecular flexibility index (Phi) is 5.67. The highest BCUT2D eigenvalue weighted by molar-refractivity contribution is 8.27. The van der Waals surface area contributed by atoms with Gasteiger partial charge in [0.05, 0.1) is 12.2 Å². The first-order valence-corrected chi connectivity index (χ1v) is 11.8. The van der Waals surface area contributed by atoms with Crippen LogP contribution in [0.2, 0.25) is 0 Å². The van der Waals surface area contributed by atoms with E-state index in [1.165, 1.54) is 16.8 Å². The van der Waals surface area contributed by atoms with Crippen LogP contribution in [0.5, 0.6) is 5.75 Å². The Morgan fingerprint density at radius 1 is 1.09 bits per heavy atom. The highest BCUT2D eigenvalue weighted by Gasteiger charge is 2.36. The van der Waals surface area contributed by atoms with E-state index >= 15 is 0 Å². The molecule has 170 valence electrons. The van der Waals surface area contributed by atoms with Gasteiger partial charge in [-0.2, -0.15) is 15.1 Å². The van der Waals surface area contributed by atoms with E-state index < -0.39 is 5.91 Å². The van der Waals surface area contributed by atoms with Gasteiger partial charge in [-0.05, 0) is 74.5 Å². The van der Waals surface area contributed by atoms with Crippen LogP contribution >= 0.6 is 11.8 Å². The number of amidine groups is 2. The molecule has 5 rings (SSSR count). The van der Waals surface area contributed by atoms with Crippen LogP contribution in [-0.4, -0.2) is 38.1 Å². The summed E-state index contributed by atoms with van der Waals surface area (Å²) in [7, 11) is 0. The molecule has 2 aliphatic rings. The summed E-state index contributed by atoms with van der Waals surface area (Å²) in [5.74, 6) is 0.420. The van der Waals surface area contributed by atoms with Crippen LogP contribution < -0.4 is 4.74 Å². The monoisotopic (exact) mass is 469 g/mol. The zero-order valence-corrected chi connectivity index (χ0v) is 19.9. The fraction of sp³-hybridized carbons (Fsp3) is 0.154. The van der Waals surface area contributed by atoms with Crippen LogP contribution in [0.15, 0.2) is 76.3 Å². The van der Waals surface area contributed by atoms with Gasteiger partial charge in [-0.15, -0.1) is 0 Å². The summed E-state index contributed by atoms with van der Waals surface area (Å²) in [5.41, 5.74) is 4.99. The number of carbonyl (C=O) groups excluding carboxylic acids is 1. The van der Waals surface area contributed by atoms with Crippen LogP contribution in [0.1, 0.15) is 29.4 Å². The average molecular weight is 470 g/mol. The second-order valence-corrected chi connectivity index (χ2v) is 8.84. The normalized spacial score (nSPS) is 16.6. The fourth-order valence-corrected chi connectivity index (χ4v) is 4.93. The molecule has 0 spiro atoms. The number of hydrogen-bond donors (Lipinski definition) is 1. The summed E-state index contributed by atoms with van der Waals surface area (Å²) in [6.07, 6.45) is 1.74. The number of aryl methyl sites for hydroxylation is 1. The Labute approximate surface area is 202 Å². The molecule has 0 fully saturated rings. The molecule has 0 unspecified atom stereocenters. The van der Waals surface area contributed by atoms with Crippen molar-refractivity contribution in [3.63, 3.8) is 0 Å². The number of nitrogens with one attached hydrogen (secondary N) is 1. The molecule has 2 aromatic carbocycles. The Hall–Kier alpha value is -3.91. The van der Waals surface area contributed by atoms with Gasteiger partial charge in [0.25, 0.3) is 5.91 Å². The quantitative estimate of drug-likeness (QED) is 0.523. The van der Waals surface area contributed by atoms with E-state index in [0.29, 0.717) is 16.8 Å².